The molecule has 0 saturated heterocycles. The molecule has 0 fully saturated rings. The van der Waals surface area contributed by atoms with Crippen molar-refractivity contribution in [2.75, 3.05) is 7.11 Å². The standard InChI is InChI=1S/C12H14F2O4/c1-12(2,11(16)17)5-6-9(13)7(15)4-8(18-3)10(6)14/h4,15H,5H2,1-3H3,(H,16,17). The van der Waals surface area contributed by atoms with E-state index in [1.807, 2.05) is 0 Å². The molecule has 0 aromatic heterocycles. The molecule has 0 bridgehead atoms. The maximum Gasteiger partial charge on any atom is 0.309 e. The van der Waals surface area contributed by atoms with E-state index in [2.05, 4.69) is 4.74 Å². The summed E-state index contributed by atoms with van der Waals surface area (Å²) in [4.78, 5) is 10.9. The summed E-state index contributed by atoms with van der Waals surface area (Å²) in [5.74, 6) is -4.46. The number of rotatable bonds is 4. The van der Waals surface area contributed by atoms with E-state index < -0.39 is 40.8 Å². The van der Waals surface area contributed by atoms with Gasteiger partial charge in [0.2, 0.25) is 0 Å². The fourth-order valence-corrected chi connectivity index (χ4v) is 1.47. The van der Waals surface area contributed by atoms with Crippen molar-refractivity contribution in [2.24, 2.45) is 5.41 Å². The second-order valence-electron chi connectivity index (χ2n) is 4.57. The highest BCUT2D eigenvalue weighted by Gasteiger charge is 2.32. The van der Waals surface area contributed by atoms with Gasteiger partial charge in [-0.05, 0) is 20.3 Å². The van der Waals surface area contributed by atoms with Crippen molar-refractivity contribution in [1.82, 2.24) is 0 Å². The lowest BCUT2D eigenvalue weighted by Crippen LogP contribution is -2.27. The summed E-state index contributed by atoms with van der Waals surface area (Å²) in [6.07, 6.45) is -0.398. The molecule has 4 nitrogen and oxygen atoms in total. The number of benzene rings is 1. The molecule has 0 aliphatic carbocycles. The van der Waals surface area contributed by atoms with E-state index in [0.29, 0.717) is 0 Å². The van der Waals surface area contributed by atoms with Crippen molar-refractivity contribution < 1.29 is 28.5 Å². The Morgan fingerprint density at radius 3 is 2.39 bits per heavy atom. The van der Waals surface area contributed by atoms with Crippen LogP contribution in [0.1, 0.15) is 19.4 Å². The van der Waals surface area contributed by atoms with E-state index in [4.69, 9.17) is 5.11 Å². The third-order valence-electron chi connectivity index (χ3n) is 2.66. The molecule has 1 aromatic rings. The van der Waals surface area contributed by atoms with Gasteiger partial charge in [-0.15, -0.1) is 0 Å². The SMILES string of the molecule is COc1cc(O)c(F)c(CC(C)(C)C(=O)O)c1F. The summed E-state index contributed by atoms with van der Waals surface area (Å²) in [5.41, 5.74) is -1.86. The number of carboxylic acid groups (broad SMARTS) is 1. The number of aliphatic carboxylic acids is 1. The predicted molar refractivity (Wildman–Crippen MR) is 59.7 cm³/mol. The predicted octanol–water partition coefficient (Wildman–Crippen LogP) is 2.33. The van der Waals surface area contributed by atoms with Gasteiger partial charge >= 0.3 is 5.97 Å². The number of methoxy groups -OCH3 is 1. The van der Waals surface area contributed by atoms with Gasteiger partial charge in [0.25, 0.3) is 0 Å². The molecule has 18 heavy (non-hydrogen) atoms. The van der Waals surface area contributed by atoms with E-state index in [-0.39, 0.29) is 5.75 Å². The average Bonchev–Trinajstić information content (AvgIpc) is 2.29. The maximum absolute atomic E-state index is 13.8. The molecule has 0 spiro atoms. The van der Waals surface area contributed by atoms with E-state index in [0.717, 1.165) is 6.07 Å². The minimum Gasteiger partial charge on any atom is -0.505 e. The molecular weight excluding hydrogens is 246 g/mol. The lowest BCUT2D eigenvalue weighted by atomic mass is 9.85. The number of phenolic OH excluding ortho intramolecular Hbond substituents is 1. The number of carboxylic acids is 1. The summed E-state index contributed by atoms with van der Waals surface area (Å²) in [7, 11) is 1.17. The Balaban J connectivity index is 3.32. The van der Waals surface area contributed by atoms with Gasteiger partial charge in [-0.1, -0.05) is 0 Å². The maximum atomic E-state index is 13.8. The summed E-state index contributed by atoms with van der Waals surface area (Å²) >= 11 is 0. The zero-order valence-corrected chi connectivity index (χ0v) is 10.3. The van der Waals surface area contributed by atoms with Gasteiger partial charge in [0, 0.05) is 11.6 Å². The lowest BCUT2D eigenvalue weighted by molar-refractivity contribution is -0.146. The van der Waals surface area contributed by atoms with Crippen LogP contribution in [-0.4, -0.2) is 23.3 Å². The smallest absolute Gasteiger partial charge is 0.309 e. The van der Waals surface area contributed by atoms with Gasteiger partial charge in [-0.3, -0.25) is 4.79 Å². The van der Waals surface area contributed by atoms with E-state index in [1.54, 1.807) is 0 Å². The topological polar surface area (TPSA) is 66.8 Å². The third kappa shape index (κ3) is 2.52. The first-order valence-corrected chi connectivity index (χ1v) is 5.18. The second kappa shape index (κ2) is 4.80. The summed E-state index contributed by atoms with van der Waals surface area (Å²) in [6.45, 7) is 2.68. The first-order chi connectivity index (χ1) is 8.20. The molecule has 0 aliphatic heterocycles. The van der Waals surface area contributed by atoms with Gasteiger partial charge < -0.3 is 14.9 Å². The zero-order valence-electron chi connectivity index (χ0n) is 10.3. The van der Waals surface area contributed by atoms with Gasteiger partial charge in [0.15, 0.2) is 23.1 Å². The number of carbonyl (C=O) groups is 1. The first-order valence-electron chi connectivity index (χ1n) is 5.18. The van der Waals surface area contributed by atoms with Crippen molar-refractivity contribution in [1.29, 1.82) is 0 Å². The number of aromatic hydroxyl groups is 1. The Bertz CT molecular complexity index is 483. The summed E-state index contributed by atoms with van der Waals surface area (Å²) in [5, 5.41) is 18.2. The van der Waals surface area contributed by atoms with Crippen LogP contribution in [0.25, 0.3) is 0 Å². The lowest BCUT2D eigenvalue weighted by Gasteiger charge is -2.20. The van der Waals surface area contributed by atoms with E-state index in [1.165, 1.54) is 21.0 Å². The molecule has 2 N–H and O–H groups in total. The van der Waals surface area contributed by atoms with Crippen LogP contribution in [0, 0.1) is 17.0 Å². The molecule has 1 aromatic carbocycles. The molecule has 0 radical (unpaired) electrons. The Morgan fingerprint density at radius 2 is 1.94 bits per heavy atom. The van der Waals surface area contributed by atoms with E-state index in [9.17, 15) is 18.7 Å². The van der Waals surface area contributed by atoms with Gasteiger partial charge in [-0.2, -0.15) is 0 Å². The molecule has 100 valence electrons. The quantitative estimate of drug-likeness (QED) is 0.872. The normalized spacial score (nSPS) is 11.4. The summed E-state index contributed by atoms with van der Waals surface area (Å²) in [6, 6.07) is 0.807. The molecule has 0 heterocycles. The fourth-order valence-electron chi connectivity index (χ4n) is 1.47. The van der Waals surface area contributed by atoms with Crippen LogP contribution in [0.15, 0.2) is 6.07 Å². The van der Waals surface area contributed by atoms with Crippen LogP contribution in [0.4, 0.5) is 8.78 Å². The molecule has 0 aliphatic rings. The molecule has 0 unspecified atom stereocenters. The summed E-state index contributed by atoms with van der Waals surface area (Å²) < 4.78 is 32.1. The van der Waals surface area contributed by atoms with Crippen molar-refractivity contribution in [2.45, 2.75) is 20.3 Å². The number of hydrogen-bond donors (Lipinski definition) is 2. The van der Waals surface area contributed by atoms with Crippen molar-refractivity contribution >= 4 is 5.97 Å². The molecule has 1 rings (SSSR count). The van der Waals surface area contributed by atoms with Crippen LogP contribution in [0.2, 0.25) is 0 Å². The zero-order chi connectivity index (χ0) is 14.1. The van der Waals surface area contributed by atoms with Crippen molar-refractivity contribution in [3.63, 3.8) is 0 Å². The monoisotopic (exact) mass is 260 g/mol. The van der Waals surface area contributed by atoms with Gasteiger partial charge in [0.1, 0.15) is 0 Å². The highest BCUT2D eigenvalue weighted by Crippen LogP contribution is 2.34. The van der Waals surface area contributed by atoms with Crippen LogP contribution in [0.3, 0.4) is 0 Å². The van der Waals surface area contributed by atoms with Crippen molar-refractivity contribution in [3.8, 4) is 11.5 Å². The Kier molecular flexibility index (Phi) is 3.79. The second-order valence-corrected chi connectivity index (χ2v) is 4.57. The molecular formula is C12H14F2O4. The van der Waals surface area contributed by atoms with Crippen LogP contribution in [0.5, 0.6) is 11.5 Å². The highest BCUT2D eigenvalue weighted by atomic mass is 19.1. The average molecular weight is 260 g/mol. The van der Waals surface area contributed by atoms with Crippen LogP contribution in [-0.2, 0) is 11.2 Å². The van der Waals surface area contributed by atoms with Gasteiger partial charge in [-0.25, -0.2) is 8.78 Å². The first kappa shape index (κ1) is 14.2. The number of halogens is 2. The van der Waals surface area contributed by atoms with Crippen molar-refractivity contribution in [3.05, 3.63) is 23.3 Å². The highest BCUT2D eigenvalue weighted by molar-refractivity contribution is 5.74. The molecule has 0 atom stereocenters. The Labute approximate surface area is 103 Å². The number of hydrogen-bond acceptors (Lipinski definition) is 3. The molecule has 6 heteroatoms. The Morgan fingerprint density at radius 1 is 1.39 bits per heavy atom. The molecule has 0 amide bonds. The largest absolute Gasteiger partial charge is 0.505 e. The van der Waals surface area contributed by atoms with Crippen LogP contribution >= 0.6 is 0 Å². The van der Waals surface area contributed by atoms with Crippen LogP contribution < -0.4 is 4.74 Å². The minimum absolute atomic E-state index is 0.329. The number of phenols is 1. The van der Waals surface area contributed by atoms with Gasteiger partial charge in [0.05, 0.1) is 12.5 Å². The number of ether oxygens (including phenoxy) is 1. The Hall–Kier alpha value is -1.85. The van der Waals surface area contributed by atoms with E-state index >= 15 is 0 Å². The fraction of sp³-hybridized carbons (Fsp3) is 0.417. The minimum atomic E-state index is -1.36. The third-order valence-corrected chi connectivity index (χ3v) is 2.66. The molecule has 0 saturated carbocycles.